The Kier molecular flexibility index (Phi) is 4.75. The molecule has 2 nitrogen and oxygen atoms in total. The van der Waals surface area contributed by atoms with E-state index in [1.807, 2.05) is 25.1 Å². The molecular formula is C16H24ClNO. The highest BCUT2D eigenvalue weighted by atomic mass is 35.5. The van der Waals surface area contributed by atoms with Crippen molar-refractivity contribution in [3.05, 3.63) is 28.8 Å². The molecule has 0 saturated heterocycles. The van der Waals surface area contributed by atoms with E-state index in [2.05, 4.69) is 13.8 Å². The van der Waals surface area contributed by atoms with Crippen molar-refractivity contribution in [1.29, 1.82) is 0 Å². The summed E-state index contributed by atoms with van der Waals surface area (Å²) in [4.78, 5) is 0. The van der Waals surface area contributed by atoms with Crippen LogP contribution in [0.25, 0.3) is 0 Å². The van der Waals surface area contributed by atoms with Gasteiger partial charge in [-0.25, -0.2) is 0 Å². The minimum Gasteiger partial charge on any atom is -0.489 e. The van der Waals surface area contributed by atoms with Crippen molar-refractivity contribution in [3.63, 3.8) is 0 Å². The second-order valence-corrected chi connectivity index (χ2v) is 6.54. The Labute approximate surface area is 121 Å². The molecule has 3 heteroatoms. The summed E-state index contributed by atoms with van der Waals surface area (Å²) in [6, 6.07) is 5.87. The summed E-state index contributed by atoms with van der Waals surface area (Å²) in [7, 11) is 0. The first kappa shape index (κ1) is 14.7. The molecule has 0 bridgehead atoms. The van der Waals surface area contributed by atoms with E-state index in [-0.39, 0.29) is 12.1 Å². The van der Waals surface area contributed by atoms with Gasteiger partial charge < -0.3 is 10.5 Å². The van der Waals surface area contributed by atoms with Gasteiger partial charge in [0.1, 0.15) is 5.75 Å². The van der Waals surface area contributed by atoms with Crippen molar-refractivity contribution in [2.45, 2.75) is 52.2 Å². The monoisotopic (exact) mass is 281 g/mol. The average Bonchev–Trinajstić information content (AvgIpc) is 2.30. The molecule has 0 aromatic heterocycles. The van der Waals surface area contributed by atoms with Crippen LogP contribution in [-0.2, 0) is 0 Å². The quantitative estimate of drug-likeness (QED) is 0.881. The number of nitrogens with two attached hydrogens (primary N) is 1. The molecule has 0 radical (unpaired) electrons. The highest BCUT2D eigenvalue weighted by Gasteiger charge is 2.25. The number of hydrogen-bond acceptors (Lipinski definition) is 2. The molecule has 1 aromatic rings. The van der Waals surface area contributed by atoms with E-state index in [4.69, 9.17) is 22.1 Å². The summed E-state index contributed by atoms with van der Waals surface area (Å²) in [6.45, 7) is 6.55. The summed E-state index contributed by atoms with van der Waals surface area (Å²) in [5.41, 5.74) is 6.90. The summed E-state index contributed by atoms with van der Waals surface area (Å²) in [5, 5.41) is 0.667. The summed E-state index contributed by atoms with van der Waals surface area (Å²) < 4.78 is 6.09. The van der Waals surface area contributed by atoms with Crippen LogP contribution >= 0.6 is 11.6 Å². The van der Waals surface area contributed by atoms with Crippen LogP contribution in [0.5, 0.6) is 5.75 Å². The Hall–Kier alpha value is -0.730. The maximum atomic E-state index is 6.28. The van der Waals surface area contributed by atoms with E-state index in [9.17, 15) is 0 Å². The van der Waals surface area contributed by atoms with Crippen molar-refractivity contribution in [1.82, 2.24) is 0 Å². The predicted octanol–water partition coefficient (Wildman–Crippen LogP) is 4.56. The number of halogens is 1. The number of benzene rings is 1. The van der Waals surface area contributed by atoms with E-state index in [0.29, 0.717) is 5.02 Å². The fraction of sp³-hybridized carbons (Fsp3) is 0.625. The van der Waals surface area contributed by atoms with Gasteiger partial charge in [-0.3, -0.25) is 0 Å². The molecule has 19 heavy (non-hydrogen) atoms. The average molecular weight is 282 g/mol. The number of rotatable bonds is 3. The van der Waals surface area contributed by atoms with Crippen molar-refractivity contribution < 1.29 is 4.74 Å². The van der Waals surface area contributed by atoms with E-state index in [1.54, 1.807) is 0 Å². The maximum Gasteiger partial charge on any atom is 0.138 e. The van der Waals surface area contributed by atoms with Crippen LogP contribution in [0.2, 0.25) is 5.02 Å². The van der Waals surface area contributed by atoms with Gasteiger partial charge in [-0.2, -0.15) is 0 Å². The van der Waals surface area contributed by atoms with Crippen LogP contribution in [0.3, 0.4) is 0 Å². The van der Waals surface area contributed by atoms with Gasteiger partial charge in [0.15, 0.2) is 0 Å². The normalized spacial score (nSPS) is 29.0. The van der Waals surface area contributed by atoms with Crippen LogP contribution in [0.1, 0.15) is 51.6 Å². The topological polar surface area (TPSA) is 35.2 Å². The van der Waals surface area contributed by atoms with E-state index >= 15 is 0 Å². The molecule has 1 saturated carbocycles. The third-order valence-corrected chi connectivity index (χ3v) is 4.21. The van der Waals surface area contributed by atoms with Gasteiger partial charge >= 0.3 is 0 Å². The first-order valence-corrected chi connectivity index (χ1v) is 7.55. The third-order valence-electron chi connectivity index (χ3n) is 3.91. The fourth-order valence-electron chi connectivity index (χ4n) is 3.04. The lowest BCUT2D eigenvalue weighted by atomic mass is 9.82. The lowest BCUT2D eigenvalue weighted by Gasteiger charge is -2.32. The molecule has 1 fully saturated rings. The first-order valence-electron chi connectivity index (χ1n) is 7.17. The zero-order valence-corrected chi connectivity index (χ0v) is 12.8. The lowest BCUT2D eigenvalue weighted by Crippen LogP contribution is -2.28. The largest absolute Gasteiger partial charge is 0.489 e. The van der Waals surface area contributed by atoms with Gasteiger partial charge in [-0.1, -0.05) is 31.5 Å². The Morgan fingerprint density at radius 1 is 1.21 bits per heavy atom. The van der Waals surface area contributed by atoms with E-state index < -0.39 is 0 Å². The van der Waals surface area contributed by atoms with Gasteiger partial charge in [0.2, 0.25) is 0 Å². The number of hydrogen-bond donors (Lipinski definition) is 1. The Bertz CT molecular complexity index is 423. The number of ether oxygens (including phenoxy) is 1. The van der Waals surface area contributed by atoms with Crippen molar-refractivity contribution >= 4 is 11.6 Å². The molecule has 0 heterocycles. The highest BCUT2D eigenvalue weighted by molar-refractivity contribution is 6.32. The van der Waals surface area contributed by atoms with Crippen molar-refractivity contribution in [2.24, 2.45) is 17.6 Å². The van der Waals surface area contributed by atoms with Gasteiger partial charge in [0.25, 0.3) is 0 Å². The first-order chi connectivity index (χ1) is 8.95. The second-order valence-electron chi connectivity index (χ2n) is 6.14. The molecule has 1 aliphatic carbocycles. The molecule has 1 aliphatic rings. The minimum absolute atomic E-state index is 0.00118. The van der Waals surface area contributed by atoms with Crippen LogP contribution in [0, 0.1) is 11.8 Å². The Morgan fingerprint density at radius 2 is 1.84 bits per heavy atom. The lowest BCUT2D eigenvalue weighted by molar-refractivity contribution is 0.101. The van der Waals surface area contributed by atoms with Crippen LogP contribution in [0.15, 0.2) is 18.2 Å². The van der Waals surface area contributed by atoms with Gasteiger partial charge in [0.05, 0.1) is 11.1 Å². The van der Waals surface area contributed by atoms with E-state index in [0.717, 1.165) is 36.0 Å². The van der Waals surface area contributed by atoms with Crippen molar-refractivity contribution in [2.75, 3.05) is 0 Å². The molecule has 1 aromatic carbocycles. The molecule has 2 N–H and O–H groups in total. The highest BCUT2D eigenvalue weighted by Crippen LogP contribution is 2.34. The Morgan fingerprint density at radius 3 is 2.37 bits per heavy atom. The molecule has 0 amide bonds. The SMILES string of the molecule is CC1CC(C)CC(Oc2ccc(C(C)N)cc2Cl)C1. The van der Waals surface area contributed by atoms with Gasteiger partial charge in [0, 0.05) is 6.04 Å². The zero-order chi connectivity index (χ0) is 14.0. The summed E-state index contributed by atoms with van der Waals surface area (Å²) in [5.74, 6) is 2.25. The van der Waals surface area contributed by atoms with Crippen LogP contribution in [0.4, 0.5) is 0 Å². The fourth-order valence-corrected chi connectivity index (χ4v) is 3.28. The maximum absolute atomic E-state index is 6.28. The molecule has 0 aliphatic heterocycles. The zero-order valence-electron chi connectivity index (χ0n) is 12.0. The second kappa shape index (κ2) is 6.15. The molecule has 3 atom stereocenters. The third kappa shape index (κ3) is 3.87. The molecular weight excluding hydrogens is 258 g/mol. The van der Waals surface area contributed by atoms with Gasteiger partial charge in [-0.05, 0) is 55.7 Å². The summed E-state index contributed by atoms with van der Waals surface area (Å²) >= 11 is 6.28. The van der Waals surface area contributed by atoms with Crippen molar-refractivity contribution in [3.8, 4) is 5.75 Å². The van der Waals surface area contributed by atoms with Gasteiger partial charge in [-0.15, -0.1) is 0 Å². The smallest absolute Gasteiger partial charge is 0.138 e. The molecule has 2 rings (SSSR count). The summed E-state index contributed by atoms with van der Waals surface area (Å²) in [6.07, 6.45) is 3.83. The van der Waals surface area contributed by atoms with E-state index in [1.165, 1.54) is 6.42 Å². The Balaban J connectivity index is 2.06. The van der Waals surface area contributed by atoms with Crippen LogP contribution in [-0.4, -0.2) is 6.10 Å². The molecule has 3 unspecified atom stereocenters. The standard InChI is InChI=1S/C16H24ClNO/c1-10-6-11(2)8-14(7-10)19-16-5-4-13(12(3)18)9-15(16)17/h4-5,9-12,14H,6-8,18H2,1-3H3. The molecule has 0 spiro atoms. The minimum atomic E-state index is 0.00118. The van der Waals surface area contributed by atoms with Crippen LogP contribution < -0.4 is 10.5 Å². The molecule has 106 valence electrons. The predicted molar refractivity (Wildman–Crippen MR) is 80.6 cm³/mol.